The fourth-order valence-electron chi connectivity index (χ4n) is 2.53. The summed E-state index contributed by atoms with van der Waals surface area (Å²) >= 11 is 5.84. The summed E-state index contributed by atoms with van der Waals surface area (Å²) in [4.78, 5) is 16.6. The van der Waals surface area contributed by atoms with E-state index in [1.807, 2.05) is 30.3 Å². The van der Waals surface area contributed by atoms with E-state index in [1.165, 1.54) is 6.26 Å². The van der Waals surface area contributed by atoms with Crippen molar-refractivity contribution in [3.8, 4) is 17.1 Å². The molecule has 2 aromatic carbocycles. The van der Waals surface area contributed by atoms with Crippen LogP contribution in [0, 0.1) is 0 Å². The van der Waals surface area contributed by atoms with Crippen LogP contribution in [0.25, 0.3) is 17.1 Å². The molecule has 1 amide bonds. The second kappa shape index (κ2) is 6.97. The first-order chi connectivity index (χ1) is 13.1. The Morgan fingerprint density at radius 2 is 1.85 bits per heavy atom. The predicted octanol–water partition coefficient (Wildman–Crippen LogP) is 4.02. The lowest BCUT2D eigenvalue weighted by Crippen LogP contribution is -2.12. The molecule has 0 bridgehead atoms. The number of nitrogens with two attached hydrogens (primary N) is 1. The van der Waals surface area contributed by atoms with Gasteiger partial charge < -0.3 is 15.5 Å². The molecule has 0 radical (unpaired) electrons. The van der Waals surface area contributed by atoms with E-state index < -0.39 is 5.91 Å². The molecule has 2 heterocycles. The number of nitrogens with zero attached hydrogens (tertiary/aromatic N) is 3. The molecule has 2 aromatic heterocycles. The molecule has 0 aliphatic carbocycles. The van der Waals surface area contributed by atoms with Gasteiger partial charge in [0.15, 0.2) is 5.69 Å². The molecule has 0 aliphatic heterocycles. The van der Waals surface area contributed by atoms with Crippen LogP contribution in [0.2, 0.25) is 5.02 Å². The number of anilines is 2. The summed E-state index contributed by atoms with van der Waals surface area (Å²) in [5.74, 6) is 0.185. The minimum absolute atomic E-state index is 0.131. The van der Waals surface area contributed by atoms with Crippen LogP contribution in [-0.4, -0.2) is 20.7 Å². The second-order valence-corrected chi connectivity index (χ2v) is 6.13. The Hall–Kier alpha value is -3.58. The summed E-state index contributed by atoms with van der Waals surface area (Å²) in [6.07, 6.45) is 2.83. The molecule has 0 spiro atoms. The van der Waals surface area contributed by atoms with Crippen LogP contribution in [0.15, 0.2) is 71.5 Å². The quantitative estimate of drug-likeness (QED) is 0.558. The first-order valence-electron chi connectivity index (χ1n) is 8.03. The minimum atomic E-state index is -0.402. The summed E-state index contributed by atoms with van der Waals surface area (Å²) in [5, 5.41) is 7.58. The molecule has 0 atom stereocenters. The smallest absolute Gasteiger partial charge is 0.277 e. The van der Waals surface area contributed by atoms with Gasteiger partial charge in [0.05, 0.1) is 17.4 Å². The lowest BCUT2D eigenvalue weighted by atomic mass is 10.3. The molecule has 3 N–H and O–H groups in total. The highest BCUT2D eigenvalue weighted by Crippen LogP contribution is 2.27. The third-order valence-corrected chi connectivity index (χ3v) is 4.13. The fraction of sp³-hybridized carbons (Fsp3) is 0. The van der Waals surface area contributed by atoms with Gasteiger partial charge in [-0.1, -0.05) is 29.8 Å². The first-order valence-corrected chi connectivity index (χ1v) is 8.41. The average molecular weight is 380 g/mol. The van der Waals surface area contributed by atoms with Gasteiger partial charge in [-0.25, -0.2) is 9.67 Å². The van der Waals surface area contributed by atoms with E-state index in [-0.39, 0.29) is 11.6 Å². The number of para-hydroxylation sites is 1. The topological polar surface area (TPSA) is 99.0 Å². The molecule has 0 aliphatic rings. The minimum Gasteiger partial charge on any atom is -0.443 e. The van der Waals surface area contributed by atoms with Crippen molar-refractivity contribution < 1.29 is 9.21 Å². The number of halogens is 1. The van der Waals surface area contributed by atoms with E-state index in [1.54, 1.807) is 35.1 Å². The van der Waals surface area contributed by atoms with Gasteiger partial charge in [-0.05, 0) is 36.4 Å². The van der Waals surface area contributed by atoms with Crippen molar-refractivity contribution >= 4 is 29.0 Å². The van der Waals surface area contributed by atoms with Gasteiger partial charge in [-0.15, -0.1) is 0 Å². The number of nitrogens with one attached hydrogen (secondary N) is 1. The number of hydrogen-bond donors (Lipinski definition) is 2. The number of aromatic nitrogens is 3. The summed E-state index contributed by atoms with van der Waals surface area (Å²) in [6.45, 7) is 0. The van der Waals surface area contributed by atoms with Gasteiger partial charge in [-0.3, -0.25) is 4.79 Å². The van der Waals surface area contributed by atoms with Gasteiger partial charge in [0.1, 0.15) is 12.1 Å². The van der Waals surface area contributed by atoms with E-state index in [0.29, 0.717) is 22.1 Å². The molecule has 134 valence electrons. The van der Waals surface area contributed by atoms with Gasteiger partial charge in [0.2, 0.25) is 5.89 Å². The number of rotatable bonds is 4. The summed E-state index contributed by atoms with van der Waals surface area (Å²) in [7, 11) is 0. The largest absolute Gasteiger partial charge is 0.443 e. The molecule has 4 aromatic rings. The second-order valence-electron chi connectivity index (χ2n) is 5.69. The van der Waals surface area contributed by atoms with Crippen LogP contribution < -0.4 is 11.1 Å². The van der Waals surface area contributed by atoms with Gasteiger partial charge in [-0.2, -0.15) is 5.10 Å². The molecule has 4 rings (SSSR count). The summed E-state index contributed by atoms with van der Waals surface area (Å²) in [6, 6.07) is 16.2. The Labute approximate surface area is 159 Å². The van der Waals surface area contributed by atoms with Gasteiger partial charge >= 0.3 is 0 Å². The zero-order valence-corrected chi connectivity index (χ0v) is 14.7. The number of carbonyl (C=O) groups excluding carboxylic acids is 1. The SMILES string of the molecule is Nc1c(-c2nc(C(=O)Nc3ccc(Cl)cc3)co2)cnn1-c1ccccc1. The zero-order chi connectivity index (χ0) is 18.8. The maximum atomic E-state index is 12.3. The molecule has 0 saturated carbocycles. The van der Waals surface area contributed by atoms with Crippen molar-refractivity contribution in [1.29, 1.82) is 0 Å². The monoisotopic (exact) mass is 379 g/mol. The number of amides is 1. The predicted molar refractivity (Wildman–Crippen MR) is 103 cm³/mol. The molecule has 8 heteroatoms. The number of nitrogen functional groups attached to an aromatic ring is 1. The van der Waals surface area contributed by atoms with Crippen molar-refractivity contribution in [2.75, 3.05) is 11.1 Å². The van der Waals surface area contributed by atoms with E-state index in [4.69, 9.17) is 21.8 Å². The van der Waals surface area contributed by atoms with Crippen LogP contribution in [0.4, 0.5) is 11.5 Å². The van der Waals surface area contributed by atoms with Gasteiger partial charge in [0.25, 0.3) is 5.91 Å². The molecule has 0 unspecified atom stereocenters. The average Bonchev–Trinajstić information content (AvgIpc) is 3.31. The normalized spacial score (nSPS) is 10.7. The van der Waals surface area contributed by atoms with Crippen LogP contribution in [0.5, 0.6) is 0 Å². The Kier molecular flexibility index (Phi) is 4.35. The van der Waals surface area contributed by atoms with E-state index >= 15 is 0 Å². The van der Waals surface area contributed by atoms with Crippen molar-refractivity contribution in [3.63, 3.8) is 0 Å². The molecular formula is C19H14ClN5O2. The Balaban J connectivity index is 1.57. The van der Waals surface area contributed by atoms with Crippen molar-refractivity contribution in [2.45, 2.75) is 0 Å². The zero-order valence-electron chi connectivity index (χ0n) is 14.0. The van der Waals surface area contributed by atoms with E-state index in [9.17, 15) is 4.79 Å². The number of hydrogen-bond acceptors (Lipinski definition) is 5. The molecular weight excluding hydrogens is 366 g/mol. The number of oxazole rings is 1. The maximum absolute atomic E-state index is 12.3. The fourth-order valence-corrected chi connectivity index (χ4v) is 2.65. The van der Waals surface area contributed by atoms with Crippen molar-refractivity contribution in [1.82, 2.24) is 14.8 Å². The summed E-state index contributed by atoms with van der Waals surface area (Å²) in [5.41, 5.74) is 8.23. The number of carbonyl (C=O) groups is 1. The lowest BCUT2D eigenvalue weighted by Gasteiger charge is -2.03. The molecule has 27 heavy (non-hydrogen) atoms. The van der Waals surface area contributed by atoms with Crippen molar-refractivity contribution in [2.24, 2.45) is 0 Å². The number of benzene rings is 2. The van der Waals surface area contributed by atoms with Crippen LogP contribution in [0.1, 0.15) is 10.5 Å². The highest BCUT2D eigenvalue weighted by Gasteiger charge is 2.18. The standard InChI is InChI=1S/C19H14ClN5O2/c20-12-6-8-13(9-7-12)23-18(26)16-11-27-19(24-16)15-10-22-25(17(15)21)14-4-2-1-3-5-14/h1-11H,21H2,(H,23,26). The van der Waals surface area contributed by atoms with Crippen LogP contribution in [0.3, 0.4) is 0 Å². The third-order valence-electron chi connectivity index (χ3n) is 3.88. The first kappa shape index (κ1) is 16.9. The summed E-state index contributed by atoms with van der Waals surface area (Å²) < 4.78 is 7.01. The molecule has 7 nitrogen and oxygen atoms in total. The highest BCUT2D eigenvalue weighted by molar-refractivity contribution is 6.30. The van der Waals surface area contributed by atoms with Crippen molar-refractivity contribution in [3.05, 3.63) is 77.8 Å². The van der Waals surface area contributed by atoms with Crippen LogP contribution in [-0.2, 0) is 0 Å². The van der Waals surface area contributed by atoms with Crippen LogP contribution >= 0.6 is 11.6 Å². The van der Waals surface area contributed by atoms with E-state index in [2.05, 4.69) is 15.4 Å². The van der Waals surface area contributed by atoms with Gasteiger partial charge in [0, 0.05) is 10.7 Å². The Morgan fingerprint density at radius 1 is 1.11 bits per heavy atom. The highest BCUT2D eigenvalue weighted by atomic mass is 35.5. The molecule has 0 saturated heterocycles. The Bertz CT molecular complexity index is 1090. The Morgan fingerprint density at radius 3 is 2.59 bits per heavy atom. The maximum Gasteiger partial charge on any atom is 0.277 e. The lowest BCUT2D eigenvalue weighted by molar-refractivity contribution is 0.102. The van der Waals surface area contributed by atoms with E-state index in [0.717, 1.165) is 5.69 Å². The molecule has 0 fully saturated rings. The third kappa shape index (κ3) is 3.40.